The highest BCUT2D eigenvalue weighted by Gasteiger charge is 2.55. The zero-order valence-corrected chi connectivity index (χ0v) is 15.5. The number of aliphatic carboxylic acids is 1. The molecule has 1 unspecified atom stereocenters. The number of carboxylic acid groups (broad SMARTS) is 1. The van der Waals surface area contributed by atoms with Gasteiger partial charge in [0.2, 0.25) is 5.60 Å². The van der Waals surface area contributed by atoms with Crippen molar-refractivity contribution in [2.75, 3.05) is 0 Å². The smallest absolute Gasteiger partial charge is 0.342 e. The van der Waals surface area contributed by atoms with E-state index >= 15 is 0 Å². The van der Waals surface area contributed by atoms with Crippen LogP contribution in [0, 0.1) is 12.3 Å². The summed E-state index contributed by atoms with van der Waals surface area (Å²) in [5.41, 5.74) is -2.33. The van der Waals surface area contributed by atoms with Crippen molar-refractivity contribution in [3.8, 4) is 0 Å². The standard InChI is InChI=1S/C19H22O5S/c1-14-10-8-9-13-16(14)25(22,23)24-19(17(20)21,18(2,3)4)15-11-6-5-7-12-15/h5-13H,1-4H3,(H,20,21). The number of benzene rings is 2. The fourth-order valence-electron chi connectivity index (χ4n) is 2.81. The highest BCUT2D eigenvalue weighted by molar-refractivity contribution is 7.86. The van der Waals surface area contributed by atoms with Crippen LogP contribution < -0.4 is 0 Å². The highest BCUT2D eigenvalue weighted by atomic mass is 32.2. The molecule has 0 saturated heterocycles. The van der Waals surface area contributed by atoms with Gasteiger partial charge in [-0.1, -0.05) is 69.3 Å². The molecule has 0 bridgehead atoms. The molecule has 6 heteroatoms. The first-order valence-corrected chi connectivity index (χ1v) is 9.23. The van der Waals surface area contributed by atoms with Gasteiger partial charge in [-0.2, -0.15) is 8.42 Å². The molecule has 0 aliphatic carbocycles. The molecular weight excluding hydrogens is 340 g/mol. The Morgan fingerprint density at radius 3 is 1.96 bits per heavy atom. The van der Waals surface area contributed by atoms with Gasteiger partial charge in [0.1, 0.15) is 0 Å². The van der Waals surface area contributed by atoms with Crippen molar-refractivity contribution < 1.29 is 22.5 Å². The van der Waals surface area contributed by atoms with E-state index in [0.717, 1.165) is 0 Å². The maximum Gasteiger partial charge on any atom is 0.342 e. The van der Waals surface area contributed by atoms with Crippen LogP contribution in [0.1, 0.15) is 31.9 Å². The summed E-state index contributed by atoms with van der Waals surface area (Å²) < 4.78 is 31.3. The molecule has 0 aliphatic heterocycles. The van der Waals surface area contributed by atoms with Crippen LogP contribution >= 0.6 is 0 Å². The summed E-state index contributed by atoms with van der Waals surface area (Å²) in [6.45, 7) is 6.56. The SMILES string of the molecule is Cc1ccccc1S(=O)(=O)OC(C(=O)O)(c1ccccc1)C(C)(C)C. The van der Waals surface area contributed by atoms with Gasteiger partial charge in [-0.15, -0.1) is 0 Å². The van der Waals surface area contributed by atoms with E-state index in [4.69, 9.17) is 4.18 Å². The third-order valence-electron chi connectivity index (χ3n) is 4.14. The summed E-state index contributed by atoms with van der Waals surface area (Å²) >= 11 is 0. The number of carboxylic acids is 1. The van der Waals surface area contributed by atoms with Crippen molar-refractivity contribution in [3.63, 3.8) is 0 Å². The summed E-state index contributed by atoms with van der Waals surface area (Å²) in [6, 6.07) is 14.5. The minimum atomic E-state index is -4.31. The van der Waals surface area contributed by atoms with E-state index in [0.29, 0.717) is 5.56 Å². The van der Waals surface area contributed by atoms with Crippen LogP contribution in [0.4, 0.5) is 0 Å². The molecule has 2 aromatic carbocycles. The van der Waals surface area contributed by atoms with Gasteiger partial charge in [-0.3, -0.25) is 0 Å². The Hall–Kier alpha value is -2.18. The molecule has 2 aromatic rings. The quantitative estimate of drug-likeness (QED) is 0.820. The summed E-state index contributed by atoms with van der Waals surface area (Å²) in [5, 5.41) is 10.0. The number of hydrogen-bond donors (Lipinski definition) is 1. The Balaban J connectivity index is 2.70. The lowest BCUT2D eigenvalue weighted by Crippen LogP contribution is -2.50. The van der Waals surface area contributed by atoms with E-state index in [1.54, 1.807) is 76.2 Å². The van der Waals surface area contributed by atoms with Gasteiger partial charge in [0.25, 0.3) is 10.1 Å². The average molecular weight is 362 g/mol. The van der Waals surface area contributed by atoms with Crippen LogP contribution in [-0.2, 0) is 24.7 Å². The number of hydrogen-bond acceptors (Lipinski definition) is 4. The molecule has 5 nitrogen and oxygen atoms in total. The molecule has 0 saturated carbocycles. The van der Waals surface area contributed by atoms with Crippen molar-refractivity contribution >= 4 is 16.1 Å². The van der Waals surface area contributed by atoms with Crippen LogP contribution in [0.15, 0.2) is 59.5 Å². The van der Waals surface area contributed by atoms with E-state index in [9.17, 15) is 18.3 Å². The zero-order chi connectivity index (χ0) is 18.9. The van der Waals surface area contributed by atoms with Gasteiger partial charge in [0.15, 0.2) is 0 Å². The second kappa shape index (κ2) is 6.61. The van der Waals surface area contributed by atoms with Gasteiger partial charge in [-0.25, -0.2) is 8.98 Å². The van der Waals surface area contributed by atoms with Crippen molar-refractivity contribution in [3.05, 3.63) is 65.7 Å². The van der Waals surface area contributed by atoms with Crippen molar-refractivity contribution in [1.82, 2.24) is 0 Å². The first kappa shape index (κ1) is 19.1. The van der Waals surface area contributed by atoms with Gasteiger partial charge >= 0.3 is 5.97 Å². The lowest BCUT2D eigenvalue weighted by atomic mass is 9.72. The van der Waals surface area contributed by atoms with E-state index in [1.165, 1.54) is 6.07 Å². The first-order valence-electron chi connectivity index (χ1n) is 7.82. The fraction of sp³-hybridized carbons (Fsp3) is 0.316. The largest absolute Gasteiger partial charge is 0.479 e. The third-order valence-corrected chi connectivity index (χ3v) is 5.60. The van der Waals surface area contributed by atoms with Gasteiger partial charge in [0.05, 0.1) is 4.90 Å². The molecule has 0 amide bonds. The number of rotatable bonds is 5. The van der Waals surface area contributed by atoms with Crippen LogP contribution in [0.3, 0.4) is 0 Å². The maximum absolute atomic E-state index is 12.9. The first-order chi connectivity index (χ1) is 11.5. The van der Waals surface area contributed by atoms with Gasteiger partial charge in [-0.05, 0) is 24.1 Å². The molecule has 25 heavy (non-hydrogen) atoms. The number of carbonyl (C=O) groups is 1. The summed E-state index contributed by atoms with van der Waals surface area (Å²) in [6.07, 6.45) is 0. The third kappa shape index (κ3) is 3.45. The molecule has 0 aromatic heterocycles. The van der Waals surface area contributed by atoms with Crippen LogP contribution in [0.2, 0.25) is 0 Å². The molecule has 0 radical (unpaired) electrons. The average Bonchev–Trinajstić information content (AvgIpc) is 2.52. The fourth-order valence-corrected chi connectivity index (χ4v) is 4.35. The molecule has 2 rings (SSSR count). The molecule has 0 spiro atoms. The Morgan fingerprint density at radius 2 is 1.48 bits per heavy atom. The predicted octanol–water partition coefficient (Wildman–Crippen LogP) is 3.73. The van der Waals surface area contributed by atoms with Crippen LogP contribution in [0.25, 0.3) is 0 Å². The summed E-state index contributed by atoms with van der Waals surface area (Å²) in [4.78, 5) is 12.2. The molecule has 0 aliphatic rings. The highest BCUT2D eigenvalue weighted by Crippen LogP contribution is 2.45. The van der Waals surface area contributed by atoms with Gasteiger partial charge < -0.3 is 5.11 Å². The van der Waals surface area contributed by atoms with Crippen molar-refractivity contribution in [2.45, 2.75) is 38.2 Å². The van der Waals surface area contributed by atoms with E-state index < -0.39 is 27.1 Å². The molecule has 0 fully saturated rings. The van der Waals surface area contributed by atoms with Crippen LogP contribution in [-0.4, -0.2) is 19.5 Å². The van der Waals surface area contributed by atoms with E-state index in [-0.39, 0.29) is 10.5 Å². The van der Waals surface area contributed by atoms with E-state index in [2.05, 4.69) is 0 Å². The molecule has 134 valence electrons. The minimum absolute atomic E-state index is 0.0409. The number of aryl methyl sites for hydroxylation is 1. The zero-order valence-electron chi connectivity index (χ0n) is 14.7. The monoisotopic (exact) mass is 362 g/mol. The minimum Gasteiger partial charge on any atom is -0.479 e. The second-order valence-electron chi connectivity index (χ2n) is 6.91. The summed E-state index contributed by atoms with van der Waals surface area (Å²) in [7, 11) is -4.31. The molecular formula is C19H22O5S. The lowest BCUT2D eigenvalue weighted by molar-refractivity contribution is -0.167. The molecule has 0 heterocycles. The van der Waals surface area contributed by atoms with Crippen molar-refractivity contribution in [2.24, 2.45) is 5.41 Å². The Labute approximate surface area is 148 Å². The topological polar surface area (TPSA) is 80.7 Å². The second-order valence-corrected chi connectivity index (χ2v) is 8.42. The Bertz CT molecular complexity index is 866. The normalized spacial score (nSPS) is 14.7. The van der Waals surface area contributed by atoms with Crippen LogP contribution in [0.5, 0.6) is 0 Å². The van der Waals surface area contributed by atoms with E-state index in [1.807, 2.05) is 0 Å². The predicted molar refractivity (Wildman–Crippen MR) is 94.7 cm³/mol. The maximum atomic E-state index is 12.9. The Kier molecular flexibility index (Phi) is 5.06. The molecule has 1 N–H and O–H groups in total. The van der Waals surface area contributed by atoms with Gasteiger partial charge in [0, 0.05) is 5.41 Å². The Morgan fingerprint density at radius 1 is 0.960 bits per heavy atom. The lowest BCUT2D eigenvalue weighted by Gasteiger charge is -2.40. The summed E-state index contributed by atoms with van der Waals surface area (Å²) in [5.74, 6) is -1.36. The molecule has 1 atom stereocenters. The van der Waals surface area contributed by atoms with Crippen molar-refractivity contribution in [1.29, 1.82) is 0 Å².